The minimum absolute atomic E-state index is 0.235. The van der Waals surface area contributed by atoms with E-state index in [0.717, 1.165) is 5.69 Å². The molecule has 0 bridgehead atoms. The minimum atomic E-state index is -1.02. The Morgan fingerprint density at radius 3 is 2.74 bits per heavy atom. The van der Waals surface area contributed by atoms with Gasteiger partial charge in [0.15, 0.2) is 6.10 Å². The molecule has 0 spiro atoms. The van der Waals surface area contributed by atoms with E-state index < -0.39 is 18.2 Å². The molecule has 1 saturated heterocycles. The molecular formula is C13H16N2O4. The van der Waals surface area contributed by atoms with Gasteiger partial charge < -0.3 is 15.2 Å². The molecule has 1 aromatic heterocycles. The van der Waals surface area contributed by atoms with Crippen LogP contribution in [0.25, 0.3) is 0 Å². The fraction of sp³-hybridized carbons (Fsp3) is 0.462. The van der Waals surface area contributed by atoms with Gasteiger partial charge in [0.25, 0.3) is 0 Å². The van der Waals surface area contributed by atoms with Gasteiger partial charge in [0, 0.05) is 6.20 Å². The second-order valence-corrected chi connectivity index (χ2v) is 4.51. The normalized spacial score (nSPS) is 23.8. The van der Waals surface area contributed by atoms with Crippen molar-refractivity contribution >= 4 is 11.9 Å². The number of carboxylic acid groups (broad SMARTS) is 1. The van der Waals surface area contributed by atoms with Crippen LogP contribution in [-0.2, 0) is 14.3 Å². The number of hydrogen-bond donors (Lipinski definition) is 2. The van der Waals surface area contributed by atoms with E-state index >= 15 is 0 Å². The van der Waals surface area contributed by atoms with Gasteiger partial charge in [-0.15, -0.1) is 0 Å². The number of aliphatic carboxylic acids is 1. The van der Waals surface area contributed by atoms with Crippen LogP contribution in [0.5, 0.6) is 0 Å². The van der Waals surface area contributed by atoms with Crippen LogP contribution < -0.4 is 5.32 Å². The fourth-order valence-electron chi connectivity index (χ4n) is 2.02. The second-order valence-electron chi connectivity index (χ2n) is 4.51. The third-order valence-electron chi connectivity index (χ3n) is 3.08. The second kappa shape index (κ2) is 5.79. The number of carboxylic acids is 1. The molecule has 1 amide bonds. The van der Waals surface area contributed by atoms with Crippen molar-refractivity contribution in [2.45, 2.75) is 38.0 Å². The summed E-state index contributed by atoms with van der Waals surface area (Å²) in [4.78, 5) is 26.8. The Morgan fingerprint density at radius 2 is 2.16 bits per heavy atom. The largest absolute Gasteiger partial charge is 0.479 e. The van der Waals surface area contributed by atoms with Crippen molar-refractivity contribution in [2.24, 2.45) is 0 Å². The molecule has 2 heterocycles. The first-order valence-electron chi connectivity index (χ1n) is 6.17. The SMILES string of the molecule is CC(NC(=O)C1CCC(C(=O)O)O1)c1ccccn1. The van der Waals surface area contributed by atoms with Crippen LogP contribution in [0.3, 0.4) is 0 Å². The lowest BCUT2D eigenvalue weighted by atomic mass is 10.1. The highest BCUT2D eigenvalue weighted by Gasteiger charge is 2.35. The highest BCUT2D eigenvalue weighted by Crippen LogP contribution is 2.21. The fourth-order valence-corrected chi connectivity index (χ4v) is 2.02. The number of ether oxygens (including phenoxy) is 1. The molecule has 1 aliphatic rings. The number of nitrogens with zero attached hydrogens (tertiary/aromatic N) is 1. The van der Waals surface area contributed by atoms with E-state index in [1.807, 2.05) is 19.1 Å². The van der Waals surface area contributed by atoms with Crippen molar-refractivity contribution in [2.75, 3.05) is 0 Å². The predicted octanol–water partition coefficient (Wildman–Crippen LogP) is 0.891. The zero-order valence-electron chi connectivity index (χ0n) is 10.6. The summed E-state index contributed by atoms with van der Waals surface area (Å²) < 4.78 is 5.19. The number of carbonyl (C=O) groups is 2. The Kier molecular flexibility index (Phi) is 4.11. The Hall–Kier alpha value is -1.95. The Morgan fingerprint density at radius 1 is 1.42 bits per heavy atom. The van der Waals surface area contributed by atoms with Crippen LogP contribution in [-0.4, -0.2) is 34.2 Å². The van der Waals surface area contributed by atoms with Gasteiger partial charge in [0.2, 0.25) is 5.91 Å². The topological polar surface area (TPSA) is 88.5 Å². The van der Waals surface area contributed by atoms with E-state index in [1.54, 1.807) is 12.3 Å². The maximum Gasteiger partial charge on any atom is 0.332 e. The lowest BCUT2D eigenvalue weighted by Gasteiger charge is -2.16. The van der Waals surface area contributed by atoms with Crippen LogP contribution in [0.2, 0.25) is 0 Å². The zero-order valence-corrected chi connectivity index (χ0v) is 10.6. The van der Waals surface area contributed by atoms with Crippen LogP contribution in [0.4, 0.5) is 0 Å². The third kappa shape index (κ3) is 3.29. The molecule has 0 radical (unpaired) electrons. The smallest absolute Gasteiger partial charge is 0.332 e. The molecule has 0 saturated carbocycles. The van der Waals surface area contributed by atoms with Crippen molar-refractivity contribution < 1.29 is 19.4 Å². The molecule has 2 N–H and O–H groups in total. The first-order chi connectivity index (χ1) is 9.08. The average molecular weight is 264 g/mol. The minimum Gasteiger partial charge on any atom is -0.479 e. The molecule has 0 aliphatic carbocycles. The van der Waals surface area contributed by atoms with Crippen molar-refractivity contribution in [3.63, 3.8) is 0 Å². The molecule has 6 nitrogen and oxygen atoms in total. The van der Waals surface area contributed by atoms with Crippen LogP contribution in [0.15, 0.2) is 24.4 Å². The molecule has 102 valence electrons. The number of rotatable bonds is 4. The summed E-state index contributed by atoms with van der Waals surface area (Å²) in [5, 5.41) is 11.6. The Labute approximate surface area is 110 Å². The number of nitrogens with one attached hydrogen (secondary N) is 1. The molecule has 0 aromatic carbocycles. The van der Waals surface area contributed by atoms with Gasteiger partial charge in [-0.1, -0.05) is 6.07 Å². The van der Waals surface area contributed by atoms with E-state index in [4.69, 9.17) is 9.84 Å². The van der Waals surface area contributed by atoms with E-state index in [1.165, 1.54) is 0 Å². The van der Waals surface area contributed by atoms with Crippen molar-refractivity contribution in [1.29, 1.82) is 0 Å². The van der Waals surface area contributed by atoms with Gasteiger partial charge >= 0.3 is 5.97 Å². The van der Waals surface area contributed by atoms with E-state index in [0.29, 0.717) is 12.8 Å². The Balaban J connectivity index is 1.90. The third-order valence-corrected chi connectivity index (χ3v) is 3.08. The van der Waals surface area contributed by atoms with Crippen molar-refractivity contribution in [1.82, 2.24) is 10.3 Å². The molecule has 1 fully saturated rings. The highest BCUT2D eigenvalue weighted by atomic mass is 16.5. The highest BCUT2D eigenvalue weighted by molar-refractivity contribution is 5.82. The molecule has 19 heavy (non-hydrogen) atoms. The monoisotopic (exact) mass is 264 g/mol. The first-order valence-corrected chi connectivity index (χ1v) is 6.17. The van der Waals surface area contributed by atoms with Gasteiger partial charge in [-0.3, -0.25) is 9.78 Å². The molecule has 3 unspecified atom stereocenters. The van der Waals surface area contributed by atoms with Crippen LogP contribution in [0.1, 0.15) is 31.5 Å². The number of carbonyl (C=O) groups excluding carboxylic acids is 1. The zero-order chi connectivity index (χ0) is 13.8. The van der Waals surface area contributed by atoms with Crippen molar-refractivity contribution in [3.05, 3.63) is 30.1 Å². The number of aromatic nitrogens is 1. The van der Waals surface area contributed by atoms with Crippen LogP contribution >= 0.6 is 0 Å². The summed E-state index contributed by atoms with van der Waals surface area (Å²) in [7, 11) is 0. The maximum atomic E-state index is 11.9. The number of pyridine rings is 1. The lowest BCUT2D eigenvalue weighted by molar-refractivity contribution is -0.151. The molecule has 1 aliphatic heterocycles. The number of hydrogen-bond acceptors (Lipinski definition) is 4. The molecule has 6 heteroatoms. The van der Waals surface area contributed by atoms with Crippen molar-refractivity contribution in [3.8, 4) is 0 Å². The summed E-state index contributed by atoms with van der Waals surface area (Å²) in [6.45, 7) is 1.82. The van der Waals surface area contributed by atoms with E-state index in [2.05, 4.69) is 10.3 Å². The Bertz CT molecular complexity index is 463. The molecule has 3 atom stereocenters. The summed E-state index contributed by atoms with van der Waals surface area (Å²) in [6, 6.07) is 5.23. The summed E-state index contributed by atoms with van der Waals surface area (Å²) in [6.07, 6.45) is 0.890. The van der Waals surface area contributed by atoms with Gasteiger partial charge in [-0.2, -0.15) is 0 Å². The maximum absolute atomic E-state index is 11.9. The molecule has 1 aromatic rings. The van der Waals surface area contributed by atoms with Gasteiger partial charge in [0.05, 0.1) is 11.7 Å². The summed E-state index contributed by atoms with van der Waals surface area (Å²) in [5.74, 6) is -1.31. The van der Waals surface area contributed by atoms with Crippen LogP contribution in [0, 0.1) is 0 Å². The first kappa shape index (κ1) is 13.5. The molecular weight excluding hydrogens is 248 g/mol. The lowest BCUT2D eigenvalue weighted by Crippen LogP contribution is -2.37. The predicted molar refractivity (Wildman–Crippen MR) is 66.3 cm³/mol. The summed E-state index contributed by atoms with van der Waals surface area (Å²) in [5.41, 5.74) is 0.753. The standard InChI is InChI=1S/C13H16N2O4/c1-8(9-4-2-3-7-14-9)15-12(16)10-5-6-11(19-10)13(17)18/h2-4,7-8,10-11H,5-6H2,1H3,(H,15,16)(H,17,18). The quantitative estimate of drug-likeness (QED) is 0.843. The van der Waals surface area contributed by atoms with Gasteiger partial charge in [-0.25, -0.2) is 4.79 Å². The number of amides is 1. The van der Waals surface area contributed by atoms with E-state index in [-0.39, 0.29) is 11.9 Å². The van der Waals surface area contributed by atoms with E-state index in [9.17, 15) is 9.59 Å². The summed E-state index contributed by atoms with van der Waals surface area (Å²) >= 11 is 0. The molecule has 2 rings (SSSR count). The van der Waals surface area contributed by atoms with Gasteiger partial charge in [0.1, 0.15) is 6.10 Å². The average Bonchev–Trinajstić information content (AvgIpc) is 2.89. The van der Waals surface area contributed by atoms with Gasteiger partial charge in [-0.05, 0) is 31.9 Å².